The summed E-state index contributed by atoms with van der Waals surface area (Å²) in [6.07, 6.45) is 5.99. The number of amides is 2. The summed E-state index contributed by atoms with van der Waals surface area (Å²) >= 11 is 6.22. The van der Waals surface area contributed by atoms with Gasteiger partial charge in [-0.3, -0.25) is 9.59 Å². The Bertz CT molecular complexity index is 3300. The minimum absolute atomic E-state index is 0.0150. The highest BCUT2D eigenvalue weighted by Crippen LogP contribution is 2.39. The first-order valence-electron chi connectivity index (χ1n) is 26.0. The van der Waals surface area contributed by atoms with Gasteiger partial charge in [-0.15, -0.1) is 0 Å². The Labute approximate surface area is 464 Å². The fourth-order valence-electron chi connectivity index (χ4n) is 9.11. The first-order chi connectivity index (χ1) is 35.5. The maximum atomic E-state index is 13.4. The van der Waals surface area contributed by atoms with Gasteiger partial charge in [-0.1, -0.05) is 130 Å². The summed E-state index contributed by atoms with van der Waals surface area (Å²) in [5.74, 6) is 1.21. The monoisotopic (exact) mass is 1140 g/mol. The number of pyridine rings is 2. The molecule has 2 fully saturated rings. The molecule has 0 saturated carbocycles. The summed E-state index contributed by atoms with van der Waals surface area (Å²) in [5.41, 5.74) is 0.336. The number of carbonyl (C=O) groups excluding carboxylic acids is 2. The Morgan fingerprint density at radius 1 is 0.623 bits per heavy atom. The standard InChI is InChI=1S/C28H39N5O3SSi.C21H25ClN4O3SSi.C7H15N/c1-20-18-28(5,6)32(19-20)25-22(26(34)31-37(35,36)21-12-10-9-11-13-21)14-15-23(29-25)33-17-16-24(30-33)38(7,8)27(2,3)4;1-21(2,3)31(4,5)18-13-14-26(24-18)17-12-11-16(19(22)23-17)20(27)25-30(28,29)15-9-7-6-8-10-15;1-6-4-7(2,3)8-5-6/h9-17,20H,18-19H2,1-8H3,(H,31,34);6-14H,1-5H3,(H,25,27);6,8H,4-5H2,1-3H3/t20-;;6-/m0.0/s1. The molecule has 2 saturated heterocycles. The highest BCUT2D eigenvalue weighted by Gasteiger charge is 2.42. The normalized spacial score (nSPS) is 17.6. The van der Waals surface area contributed by atoms with Crippen molar-refractivity contribution in [3.05, 3.63) is 126 Å². The molecule has 0 bridgehead atoms. The molecule has 0 spiro atoms. The third-order valence-corrected chi connectivity index (χ3v) is 29.1. The van der Waals surface area contributed by atoms with Crippen molar-refractivity contribution < 1.29 is 26.4 Å². The van der Waals surface area contributed by atoms with Gasteiger partial charge in [0, 0.05) is 40.7 Å². The number of hydrogen-bond acceptors (Lipinski definition) is 12. The van der Waals surface area contributed by atoms with Crippen LogP contribution in [0.4, 0.5) is 5.82 Å². The van der Waals surface area contributed by atoms with Crippen LogP contribution >= 0.6 is 11.6 Å². The molecular formula is C56H79ClN10O6S2Si2. The summed E-state index contributed by atoms with van der Waals surface area (Å²) in [7, 11) is -11.7. The Hall–Kier alpha value is -5.52. The predicted molar refractivity (Wildman–Crippen MR) is 315 cm³/mol. The van der Waals surface area contributed by atoms with Crippen LogP contribution in [0.1, 0.15) is 117 Å². The van der Waals surface area contributed by atoms with E-state index in [1.807, 2.05) is 23.2 Å². The topological polar surface area (TPSA) is 203 Å². The molecule has 2 aliphatic heterocycles. The lowest BCUT2D eigenvalue weighted by molar-refractivity contribution is 0.0972. The fraction of sp³-hybridized carbons (Fsp3) is 0.464. The Morgan fingerprint density at radius 3 is 1.42 bits per heavy atom. The van der Waals surface area contributed by atoms with Crippen LogP contribution in [0.25, 0.3) is 11.6 Å². The number of anilines is 1. The molecule has 0 radical (unpaired) electrons. The average Bonchev–Trinajstić information content (AvgIpc) is 4.15. The van der Waals surface area contributed by atoms with Crippen molar-refractivity contribution >= 4 is 76.1 Å². The van der Waals surface area contributed by atoms with Crippen LogP contribution in [-0.4, -0.2) is 98.5 Å². The molecule has 2 aliphatic rings. The summed E-state index contributed by atoms with van der Waals surface area (Å²) < 4.78 is 58.2. The van der Waals surface area contributed by atoms with Crippen molar-refractivity contribution in [2.45, 2.75) is 153 Å². The van der Waals surface area contributed by atoms with E-state index in [-0.39, 0.29) is 41.7 Å². The average molecular weight is 1140 g/mol. The van der Waals surface area contributed by atoms with Gasteiger partial charge in [0.1, 0.15) is 27.1 Å². The second-order valence-electron chi connectivity index (χ2n) is 24.9. The van der Waals surface area contributed by atoms with Crippen molar-refractivity contribution in [1.29, 1.82) is 0 Å². The van der Waals surface area contributed by atoms with E-state index in [2.05, 4.69) is 135 Å². The summed E-state index contributed by atoms with van der Waals surface area (Å²) in [4.78, 5) is 37.2. The first-order valence-corrected chi connectivity index (χ1v) is 35.4. The molecule has 416 valence electrons. The zero-order chi connectivity index (χ0) is 57.3. The van der Waals surface area contributed by atoms with E-state index in [0.29, 0.717) is 35.5 Å². The number of carbonyl (C=O) groups is 2. The van der Waals surface area contributed by atoms with Crippen LogP contribution in [-0.2, 0) is 20.0 Å². The second-order valence-corrected chi connectivity index (χ2v) is 39.1. The van der Waals surface area contributed by atoms with Gasteiger partial charge in [-0.2, -0.15) is 10.2 Å². The van der Waals surface area contributed by atoms with E-state index in [9.17, 15) is 26.4 Å². The van der Waals surface area contributed by atoms with Gasteiger partial charge in [0.05, 0.1) is 20.9 Å². The van der Waals surface area contributed by atoms with Crippen LogP contribution < -0.4 is 30.3 Å². The maximum absolute atomic E-state index is 13.4. The Kier molecular flexibility index (Phi) is 17.9. The summed E-state index contributed by atoms with van der Waals surface area (Å²) in [6, 6.07) is 26.0. The Balaban J connectivity index is 0.000000221. The van der Waals surface area contributed by atoms with E-state index < -0.39 is 48.0 Å². The van der Waals surface area contributed by atoms with Gasteiger partial charge >= 0.3 is 0 Å². The van der Waals surface area contributed by atoms with Crippen LogP contribution in [0.15, 0.2) is 119 Å². The van der Waals surface area contributed by atoms with Gasteiger partial charge in [0.25, 0.3) is 31.9 Å². The summed E-state index contributed by atoms with van der Waals surface area (Å²) in [6.45, 7) is 37.7. The van der Waals surface area contributed by atoms with Crippen LogP contribution in [0, 0.1) is 11.8 Å². The third-order valence-electron chi connectivity index (χ3n) is 15.5. The molecule has 16 nitrogen and oxygen atoms in total. The number of hydrogen-bond donors (Lipinski definition) is 3. The molecule has 8 rings (SSSR count). The molecule has 2 amide bonds. The predicted octanol–water partition coefficient (Wildman–Crippen LogP) is 9.88. The molecule has 21 heteroatoms. The van der Waals surface area contributed by atoms with Crippen molar-refractivity contribution in [2.75, 3.05) is 18.0 Å². The SMILES string of the molecule is CC(C)(C)[Si](C)(C)c1ccn(-c2ccc(C(=O)NS(=O)(=O)c3ccccc3)c(Cl)n2)n1.C[C@@H]1CN(c2nc(-n3ccc([Si](C)(C)C(C)(C)C)n3)ccc2C(=O)NS(=O)(=O)c2ccccc2)C(C)(C)C1.C[C@@H]1CNC(C)(C)C1. The number of aromatic nitrogens is 6. The number of halogens is 1. The number of nitrogens with one attached hydrogen (secondary N) is 3. The Morgan fingerprint density at radius 2 is 1.05 bits per heavy atom. The van der Waals surface area contributed by atoms with Gasteiger partial charge in [0.15, 0.2) is 11.6 Å². The van der Waals surface area contributed by atoms with E-state index >= 15 is 0 Å². The van der Waals surface area contributed by atoms with Crippen LogP contribution in [0.2, 0.25) is 41.4 Å². The number of benzene rings is 2. The lowest BCUT2D eigenvalue weighted by Crippen LogP contribution is -2.50. The van der Waals surface area contributed by atoms with E-state index in [4.69, 9.17) is 26.8 Å². The number of rotatable bonds is 11. The van der Waals surface area contributed by atoms with Crippen LogP contribution in [0.5, 0.6) is 0 Å². The highest BCUT2D eigenvalue weighted by molar-refractivity contribution is 7.90. The smallest absolute Gasteiger partial charge is 0.268 e. The largest absolute Gasteiger partial charge is 0.350 e. The van der Waals surface area contributed by atoms with Gasteiger partial charge in [-0.05, 0) is 130 Å². The zero-order valence-corrected chi connectivity index (χ0v) is 52.0. The fourth-order valence-corrected chi connectivity index (χ4v) is 14.6. The summed E-state index contributed by atoms with van der Waals surface area (Å²) in [5, 5.41) is 15.3. The van der Waals surface area contributed by atoms with E-state index in [0.717, 1.165) is 23.0 Å². The molecular weight excluding hydrogens is 1060 g/mol. The molecule has 6 heterocycles. The van der Waals surface area contributed by atoms with Crippen LogP contribution in [0.3, 0.4) is 0 Å². The molecule has 0 aliphatic carbocycles. The molecule has 6 aromatic rings. The van der Waals surface area contributed by atoms with Crippen molar-refractivity contribution in [3.63, 3.8) is 0 Å². The van der Waals surface area contributed by atoms with Crippen molar-refractivity contribution in [1.82, 2.24) is 44.3 Å². The first kappa shape index (κ1) is 60.7. The van der Waals surface area contributed by atoms with E-state index in [1.165, 1.54) is 43.3 Å². The van der Waals surface area contributed by atoms with Gasteiger partial charge < -0.3 is 10.2 Å². The molecule has 77 heavy (non-hydrogen) atoms. The van der Waals surface area contributed by atoms with Gasteiger partial charge in [0.2, 0.25) is 0 Å². The molecule has 2 aromatic carbocycles. The third kappa shape index (κ3) is 14.2. The molecule has 3 N–H and O–H groups in total. The lowest BCUT2D eigenvalue weighted by atomic mass is 9.97. The van der Waals surface area contributed by atoms with Crippen molar-refractivity contribution in [2.24, 2.45) is 11.8 Å². The molecule has 2 atom stereocenters. The lowest BCUT2D eigenvalue weighted by Gasteiger charge is -2.35. The zero-order valence-electron chi connectivity index (χ0n) is 47.6. The molecule has 4 aromatic heterocycles. The number of nitrogens with zero attached hydrogens (tertiary/aromatic N) is 7. The maximum Gasteiger partial charge on any atom is 0.268 e. The van der Waals surface area contributed by atoms with Gasteiger partial charge in [-0.25, -0.2) is 45.6 Å². The minimum atomic E-state index is -4.04. The van der Waals surface area contributed by atoms with E-state index in [1.54, 1.807) is 64.0 Å². The van der Waals surface area contributed by atoms with Crippen molar-refractivity contribution in [3.8, 4) is 11.6 Å². The quantitative estimate of drug-likeness (QED) is 0.0820. The minimum Gasteiger partial charge on any atom is -0.350 e. The highest BCUT2D eigenvalue weighted by atomic mass is 35.5. The number of sulfonamides is 2. The second kappa shape index (κ2) is 22.7. The molecule has 0 unspecified atom stereocenters.